The largest absolute Gasteiger partial charge is 0.495 e. The second-order valence-electron chi connectivity index (χ2n) is 5.02. The molecule has 1 heterocycles. The normalized spacial score (nSPS) is 15.1. The van der Waals surface area contributed by atoms with Gasteiger partial charge in [-0.1, -0.05) is 44.2 Å². The van der Waals surface area contributed by atoms with E-state index in [1.54, 1.807) is 12.1 Å². The molecule has 0 saturated heterocycles. The molecule has 0 bridgehead atoms. The lowest BCUT2D eigenvalue weighted by Crippen LogP contribution is -2.25. The highest BCUT2D eigenvalue weighted by Crippen LogP contribution is 2.27. The summed E-state index contributed by atoms with van der Waals surface area (Å²) in [5.74, 6) is 1.19. The van der Waals surface area contributed by atoms with Gasteiger partial charge in [-0.05, 0) is 55.3 Å². The van der Waals surface area contributed by atoms with Crippen molar-refractivity contribution >= 4 is 22.9 Å². The molecule has 25 heavy (non-hydrogen) atoms. The van der Waals surface area contributed by atoms with E-state index in [9.17, 15) is 0 Å². The highest BCUT2D eigenvalue weighted by molar-refractivity contribution is 6.30. The zero-order valence-corrected chi connectivity index (χ0v) is 16.3. The molecular weight excluding hydrogens is 334 g/mol. The summed E-state index contributed by atoms with van der Waals surface area (Å²) < 4.78 is 5.26. The molecule has 4 nitrogen and oxygen atoms in total. The number of nitrogens with two attached hydrogens (primary N) is 1. The van der Waals surface area contributed by atoms with Gasteiger partial charge in [0, 0.05) is 5.02 Å². The van der Waals surface area contributed by atoms with Crippen molar-refractivity contribution in [1.29, 1.82) is 0 Å². The van der Waals surface area contributed by atoms with Crippen molar-refractivity contribution in [3.8, 4) is 0 Å². The van der Waals surface area contributed by atoms with Crippen LogP contribution < -0.4 is 5.73 Å². The van der Waals surface area contributed by atoms with Crippen LogP contribution >= 0.6 is 11.6 Å². The zero-order chi connectivity index (χ0) is 19.0. The maximum Gasteiger partial charge on any atom is 0.137 e. The SMILES string of the molecule is C=C1C=C(c2ccc(Cl)cc2)C=C(N)N1/N=C(C)/C(=C/C)OC.CC. The molecule has 1 aromatic carbocycles. The molecule has 0 aliphatic carbocycles. The molecule has 0 saturated carbocycles. The molecule has 0 radical (unpaired) electrons. The van der Waals surface area contributed by atoms with Gasteiger partial charge in [-0.15, -0.1) is 0 Å². The van der Waals surface area contributed by atoms with Crippen LogP contribution in [0.1, 0.15) is 33.3 Å². The number of nitrogens with zero attached hydrogens (tertiary/aromatic N) is 2. The van der Waals surface area contributed by atoms with Crippen molar-refractivity contribution in [3.63, 3.8) is 0 Å². The maximum atomic E-state index is 6.15. The van der Waals surface area contributed by atoms with Crippen LogP contribution in [0.2, 0.25) is 5.02 Å². The molecule has 1 aromatic rings. The van der Waals surface area contributed by atoms with Gasteiger partial charge < -0.3 is 10.5 Å². The molecule has 134 valence electrons. The van der Waals surface area contributed by atoms with Crippen LogP contribution in [-0.4, -0.2) is 17.8 Å². The van der Waals surface area contributed by atoms with E-state index in [4.69, 9.17) is 22.1 Å². The smallest absolute Gasteiger partial charge is 0.137 e. The fraction of sp³-hybridized carbons (Fsp3) is 0.250. The van der Waals surface area contributed by atoms with Crippen LogP contribution in [0.25, 0.3) is 5.57 Å². The third kappa shape index (κ3) is 5.26. The van der Waals surface area contributed by atoms with E-state index in [2.05, 4.69) is 11.7 Å². The summed E-state index contributed by atoms with van der Waals surface area (Å²) in [6, 6.07) is 7.57. The monoisotopic (exact) mass is 359 g/mol. The van der Waals surface area contributed by atoms with Crippen LogP contribution in [0.3, 0.4) is 0 Å². The number of allylic oxidation sites excluding steroid dienone is 5. The number of hydrogen-bond donors (Lipinski definition) is 1. The Hall–Kier alpha value is -2.46. The molecule has 1 aliphatic heterocycles. The topological polar surface area (TPSA) is 50.8 Å². The third-order valence-electron chi connectivity index (χ3n) is 3.41. The minimum absolute atomic E-state index is 0.494. The minimum Gasteiger partial charge on any atom is -0.495 e. The standard InChI is InChI=1S/C18H20ClN3O.C2H6/c1-5-17(23-4)13(3)21-22-12(2)10-15(11-18(22)20)14-6-8-16(19)9-7-14;1-2/h5-11H,2,20H2,1,3-4H3;1-2H3/b17-5-,21-13+;. The summed E-state index contributed by atoms with van der Waals surface area (Å²) in [7, 11) is 1.61. The summed E-state index contributed by atoms with van der Waals surface area (Å²) in [6.45, 7) is 11.8. The Labute approximate surface area is 155 Å². The number of rotatable bonds is 4. The van der Waals surface area contributed by atoms with Crippen molar-refractivity contribution in [1.82, 2.24) is 5.01 Å². The first-order chi connectivity index (χ1) is 12.0. The predicted octanol–water partition coefficient (Wildman–Crippen LogP) is 5.31. The van der Waals surface area contributed by atoms with Gasteiger partial charge in [0.05, 0.1) is 18.5 Å². The summed E-state index contributed by atoms with van der Waals surface area (Å²) in [6.07, 6.45) is 5.63. The molecule has 5 heteroatoms. The lowest BCUT2D eigenvalue weighted by Gasteiger charge is -2.25. The summed E-state index contributed by atoms with van der Waals surface area (Å²) in [5, 5.41) is 6.77. The Bertz CT molecular complexity index is 728. The molecule has 0 fully saturated rings. The molecule has 1 aliphatic rings. The summed E-state index contributed by atoms with van der Waals surface area (Å²) in [5.41, 5.74) is 9.53. The van der Waals surface area contributed by atoms with Crippen molar-refractivity contribution in [3.05, 3.63) is 76.9 Å². The summed E-state index contributed by atoms with van der Waals surface area (Å²) >= 11 is 5.93. The quantitative estimate of drug-likeness (QED) is 0.585. The molecule has 2 rings (SSSR count). The van der Waals surface area contributed by atoms with Crippen LogP contribution in [0.15, 0.2) is 71.5 Å². The number of hydrogen-bond acceptors (Lipinski definition) is 4. The Balaban J connectivity index is 0.00000151. The zero-order valence-electron chi connectivity index (χ0n) is 15.5. The van der Waals surface area contributed by atoms with Gasteiger partial charge in [0.2, 0.25) is 0 Å². The Morgan fingerprint density at radius 1 is 1.24 bits per heavy atom. The lowest BCUT2D eigenvalue weighted by molar-refractivity contribution is 0.311. The highest BCUT2D eigenvalue weighted by atomic mass is 35.5. The number of halogens is 1. The van der Waals surface area contributed by atoms with E-state index in [1.807, 2.05) is 70.2 Å². The van der Waals surface area contributed by atoms with Crippen LogP contribution in [0.5, 0.6) is 0 Å². The highest BCUT2D eigenvalue weighted by Gasteiger charge is 2.16. The van der Waals surface area contributed by atoms with Crippen molar-refractivity contribution in [2.45, 2.75) is 27.7 Å². The molecule has 0 amide bonds. The van der Waals surface area contributed by atoms with E-state index < -0.39 is 0 Å². The second-order valence-corrected chi connectivity index (χ2v) is 5.46. The summed E-state index contributed by atoms with van der Waals surface area (Å²) in [4.78, 5) is 0. The van der Waals surface area contributed by atoms with Crippen LogP contribution in [-0.2, 0) is 4.74 Å². The lowest BCUT2D eigenvalue weighted by atomic mass is 10.0. The van der Waals surface area contributed by atoms with Crippen LogP contribution in [0.4, 0.5) is 0 Å². The maximum absolute atomic E-state index is 6.15. The van der Waals surface area contributed by atoms with Gasteiger partial charge in [0.1, 0.15) is 11.6 Å². The second kappa shape index (κ2) is 9.74. The van der Waals surface area contributed by atoms with E-state index in [-0.39, 0.29) is 0 Å². The van der Waals surface area contributed by atoms with Crippen molar-refractivity contribution in [2.24, 2.45) is 10.8 Å². The Morgan fingerprint density at radius 2 is 1.84 bits per heavy atom. The van der Waals surface area contributed by atoms with Crippen molar-refractivity contribution in [2.75, 3.05) is 7.11 Å². The van der Waals surface area contributed by atoms with E-state index in [0.29, 0.717) is 22.3 Å². The van der Waals surface area contributed by atoms with Crippen LogP contribution in [0, 0.1) is 0 Å². The number of hydrazone groups is 1. The average Bonchev–Trinajstić information content (AvgIpc) is 2.61. The third-order valence-corrected chi connectivity index (χ3v) is 3.66. The average molecular weight is 360 g/mol. The molecular formula is C20H26ClN3O. The minimum atomic E-state index is 0.494. The molecule has 2 N–H and O–H groups in total. The molecule has 0 atom stereocenters. The van der Waals surface area contributed by atoms with Crippen molar-refractivity contribution < 1.29 is 4.74 Å². The van der Waals surface area contributed by atoms with E-state index in [1.165, 1.54) is 0 Å². The van der Waals surface area contributed by atoms with E-state index >= 15 is 0 Å². The first-order valence-electron chi connectivity index (χ1n) is 8.16. The predicted molar refractivity (Wildman–Crippen MR) is 108 cm³/mol. The first kappa shape index (κ1) is 20.6. The van der Waals surface area contributed by atoms with E-state index in [0.717, 1.165) is 16.8 Å². The Kier molecular flexibility index (Phi) is 8.02. The number of benzene rings is 1. The number of ether oxygens (including phenoxy) is 1. The van der Waals surface area contributed by atoms with Gasteiger partial charge in [-0.2, -0.15) is 5.10 Å². The first-order valence-corrected chi connectivity index (χ1v) is 8.53. The van der Waals surface area contributed by atoms with Gasteiger partial charge in [0.15, 0.2) is 0 Å². The van der Waals surface area contributed by atoms with Gasteiger partial charge in [0.25, 0.3) is 0 Å². The molecule has 0 aromatic heterocycles. The Morgan fingerprint density at radius 3 is 2.32 bits per heavy atom. The van der Waals surface area contributed by atoms with Gasteiger partial charge >= 0.3 is 0 Å². The molecule has 0 unspecified atom stereocenters. The fourth-order valence-corrected chi connectivity index (χ4v) is 2.40. The number of methoxy groups -OCH3 is 1. The molecule has 0 spiro atoms. The van der Waals surface area contributed by atoms with Gasteiger partial charge in [-0.25, -0.2) is 5.01 Å². The fourth-order valence-electron chi connectivity index (χ4n) is 2.27. The van der Waals surface area contributed by atoms with Gasteiger partial charge in [-0.3, -0.25) is 0 Å².